The van der Waals surface area contributed by atoms with Crippen molar-refractivity contribution in [2.24, 2.45) is 5.73 Å². The number of rotatable bonds is 2. The average molecular weight is 203 g/mol. The molecule has 1 aromatic heterocycles. The Hall–Kier alpha value is -1.81. The number of para-hydroxylation sites is 1. The zero-order valence-corrected chi connectivity index (χ0v) is 8.55. The van der Waals surface area contributed by atoms with Crippen molar-refractivity contribution in [2.45, 2.75) is 0 Å². The molecule has 2 rings (SSSR count). The molecule has 2 aromatic rings. The second-order valence-electron chi connectivity index (χ2n) is 3.34. The molecule has 0 radical (unpaired) electrons. The molecule has 78 valence electrons. The van der Waals surface area contributed by atoms with Crippen molar-refractivity contribution < 1.29 is 4.79 Å². The third-order valence-corrected chi connectivity index (χ3v) is 2.44. The predicted octanol–water partition coefficient (Wildman–Crippen LogP) is 0.694. The van der Waals surface area contributed by atoms with Gasteiger partial charge in [-0.25, -0.2) is 0 Å². The van der Waals surface area contributed by atoms with Gasteiger partial charge in [0.05, 0.1) is 12.1 Å². The first-order valence-corrected chi connectivity index (χ1v) is 4.77. The van der Waals surface area contributed by atoms with Crippen LogP contribution in [0.15, 0.2) is 36.5 Å². The molecule has 0 fully saturated rings. The van der Waals surface area contributed by atoms with E-state index in [1.165, 1.54) is 5.01 Å². The fourth-order valence-corrected chi connectivity index (χ4v) is 1.58. The van der Waals surface area contributed by atoms with E-state index in [4.69, 9.17) is 5.73 Å². The number of benzene rings is 1. The molecule has 0 aliphatic rings. The molecule has 1 heterocycles. The minimum atomic E-state index is -0.114. The summed E-state index contributed by atoms with van der Waals surface area (Å²) in [5.74, 6) is -0.114. The summed E-state index contributed by atoms with van der Waals surface area (Å²) in [5.41, 5.74) is 6.32. The molecule has 2 N–H and O–H groups in total. The second-order valence-corrected chi connectivity index (χ2v) is 3.34. The Kier molecular flexibility index (Phi) is 2.43. The van der Waals surface area contributed by atoms with Crippen molar-refractivity contribution in [3.63, 3.8) is 0 Å². The second kappa shape index (κ2) is 3.74. The Morgan fingerprint density at radius 3 is 2.87 bits per heavy atom. The molecule has 0 saturated carbocycles. The van der Waals surface area contributed by atoms with Crippen LogP contribution in [0.2, 0.25) is 0 Å². The Morgan fingerprint density at radius 2 is 2.13 bits per heavy atom. The fourth-order valence-electron chi connectivity index (χ4n) is 1.58. The monoisotopic (exact) mass is 203 g/mol. The lowest BCUT2D eigenvalue weighted by atomic mass is 10.3. The third-order valence-electron chi connectivity index (χ3n) is 2.44. The van der Waals surface area contributed by atoms with E-state index < -0.39 is 0 Å². The van der Waals surface area contributed by atoms with Crippen molar-refractivity contribution in [2.75, 3.05) is 18.6 Å². The van der Waals surface area contributed by atoms with Crippen LogP contribution in [0.4, 0.5) is 0 Å². The maximum Gasteiger partial charge on any atom is 0.254 e. The van der Waals surface area contributed by atoms with Crippen LogP contribution in [0.3, 0.4) is 0 Å². The third kappa shape index (κ3) is 1.59. The first-order chi connectivity index (χ1) is 7.24. The minimum Gasteiger partial charge on any atom is -0.322 e. The molecular weight excluding hydrogens is 190 g/mol. The number of likely N-dealkylation sites (N-methyl/N-ethyl adjacent to an activating group) is 1. The van der Waals surface area contributed by atoms with Crippen molar-refractivity contribution in [3.8, 4) is 0 Å². The van der Waals surface area contributed by atoms with E-state index in [2.05, 4.69) is 0 Å². The lowest BCUT2D eigenvalue weighted by Crippen LogP contribution is -2.40. The van der Waals surface area contributed by atoms with Crippen LogP contribution in [0, 0.1) is 0 Å². The number of nitrogens with two attached hydrogens (primary N) is 1. The molecule has 15 heavy (non-hydrogen) atoms. The highest BCUT2D eigenvalue weighted by molar-refractivity contribution is 5.90. The molecule has 0 atom stereocenters. The number of hydrogen-bond donors (Lipinski definition) is 1. The molecule has 4 nitrogen and oxygen atoms in total. The summed E-state index contributed by atoms with van der Waals surface area (Å²) >= 11 is 0. The Morgan fingerprint density at radius 1 is 1.40 bits per heavy atom. The van der Waals surface area contributed by atoms with Gasteiger partial charge in [0.25, 0.3) is 5.91 Å². The van der Waals surface area contributed by atoms with Crippen LogP contribution in [-0.2, 0) is 4.79 Å². The first kappa shape index (κ1) is 9.73. The van der Waals surface area contributed by atoms with Crippen molar-refractivity contribution in [1.82, 2.24) is 4.68 Å². The Balaban J connectivity index is 2.48. The van der Waals surface area contributed by atoms with Gasteiger partial charge in [-0.2, -0.15) is 0 Å². The van der Waals surface area contributed by atoms with E-state index in [9.17, 15) is 4.79 Å². The number of nitrogens with zero attached hydrogens (tertiary/aromatic N) is 2. The molecular formula is C11H13N3O. The van der Waals surface area contributed by atoms with Gasteiger partial charge >= 0.3 is 0 Å². The zero-order chi connectivity index (χ0) is 10.8. The summed E-state index contributed by atoms with van der Waals surface area (Å²) in [5, 5.41) is 2.62. The van der Waals surface area contributed by atoms with Gasteiger partial charge in [-0.15, -0.1) is 0 Å². The van der Waals surface area contributed by atoms with Gasteiger partial charge in [-0.3, -0.25) is 14.5 Å². The molecule has 0 aliphatic carbocycles. The predicted molar refractivity (Wildman–Crippen MR) is 60.1 cm³/mol. The lowest BCUT2D eigenvalue weighted by molar-refractivity contribution is -0.118. The number of hydrogen-bond acceptors (Lipinski definition) is 2. The number of amides is 1. The maximum absolute atomic E-state index is 11.4. The van der Waals surface area contributed by atoms with Crippen LogP contribution in [0.5, 0.6) is 0 Å². The average Bonchev–Trinajstić information content (AvgIpc) is 2.70. The fraction of sp³-hybridized carbons (Fsp3) is 0.182. The van der Waals surface area contributed by atoms with Gasteiger partial charge in [-0.05, 0) is 12.1 Å². The van der Waals surface area contributed by atoms with Gasteiger partial charge in [0.1, 0.15) is 0 Å². The normalized spacial score (nSPS) is 10.5. The zero-order valence-electron chi connectivity index (χ0n) is 8.55. The van der Waals surface area contributed by atoms with Crippen LogP contribution in [0.1, 0.15) is 0 Å². The summed E-state index contributed by atoms with van der Waals surface area (Å²) in [6.07, 6.45) is 1.86. The van der Waals surface area contributed by atoms with Gasteiger partial charge in [0.2, 0.25) is 0 Å². The molecule has 4 heteroatoms. The Bertz CT molecular complexity index is 489. The summed E-state index contributed by atoms with van der Waals surface area (Å²) in [6, 6.07) is 9.86. The first-order valence-electron chi connectivity index (χ1n) is 4.77. The number of carbonyl (C=O) groups is 1. The van der Waals surface area contributed by atoms with E-state index in [0.717, 1.165) is 10.9 Å². The highest BCUT2D eigenvalue weighted by atomic mass is 16.2. The van der Waals surface area contributed by atoms with Gasteiger partial charge in [0.15, 0.2) is 0 Å². The molecule has 0 unspecified atom stereocenters. The molecule has 0 saturated heterocycles. The van der Waals surface area contributed by atoms with Crippen molar-refractivity contribution >= 4 is 16.8 Å². The molecule has 0 bridgehead atoms. The van der Waals surface area contributed by atoms with Crippen LogP contribution in [-0.4, -0.2) is 24.2 Å². The molecule has 1 amide bonds. The smallest absolute Gasteiger partial charge is 0.254 e. The van der Waals surface area contributed by atoms with E-state index in [1.807, 2.05) is 36.5 Å². The Labute approximate surface area is 87.9 Å². The van der Waals surface area contributed by atoms with Gasteiger partial charge in [-0.1, -0.05) is 18.2 Å². The number of aromatic nitrogens is 1. The van der Waals surface area contributed by atoms with Gasteiger partial charge < -0.3 is 5.73 Å². The SMILES string of the molecule is CN(C(=O)CN)n1ccc2ccccc21. The number of carbonyl (C=O) groups excluding carboxylic acids is 1. The molecule has 0 spiro atoms. The van der Waals surface area contributed by atoms with Crippen LogP contribution >= 0.6 is 0 Å². The van der Waals surface area contributed by atoms with E-state index in [1.54, 1.807) is 11.7 Å². The number of fused-ring (bicyclic) bond motifs is 1. The maximum atomic E-state index is 11.4. The largest absolute Gasteiger partial charge is 0.322 e. The van der Waals surface area contributed by atoms with Crippen molar-refractivity contribution in [1.29, 1.82) is 0 Å². The molecule has 0 aliphatic heterocycles. The van der Waals surface area contributed by atoms with Gasteiger partial charge in [0, 0.05) is 18.6 Å². The van der Waals surface area contributed by atoms with Crippen LogP contribution < -0.4 is 10.7 Å². The summed E-state index contributed by atoms with van der Waals surface area (Å²) < 4.78 is 1.80. The topological polar surface area (TPSA) is 51.3 Å². The lowest BCUT2D eigenvalue weighted by Gasteiger charge is -2.18. The van der Waals surface area contributed by atoms with E-state index >= 15 is 0 Å². The highest BCUT2D eigenvalue weighted by Crippen LogP contribution is 2.14. The van der Waals surface area contributed by atoms with Crippen molar-refractivity contribution in [3.05, 3.63) is 36.5 Å². The molecule has 1 aromatic carbocycles. The minimum absolute atomic E-state index is 0.0169. The van der Waals surface area contributed by atoms with Crippen LogP contribution in [0.25, 0.3) is 10.9 Å². The standard InChI is InChI=1S/C11H13N3O/c1-13(11(15)8-12)14-7-6-9-4-2-3-5-10(9)14/h2-7H,8,12H2,1H3. The summed E-state index contributed by atoms with van der Waals surface area (Å²) in [4.78, 5) is 11.4. The quantitative estimate of drug-likeness (QED) is 0.781. The summed E-state index contributed by atoms with van der Waals surface area (Å²) in [7, 11) is 1.71. The summed E-state index contributed by atoms with van der Waals surface area (Å²) in [6.45, 7) is 0.0169. The van der Waals surface area contributed by atoms with E-state index in [-0.39, 0.29) is 12.5 Å². The highest BCUT2D eigenvalue weighted by Gasteiger charge is 2.09. The van der Waals surface area contributed by atoms with E-state index in [0.29, 0.717) is 0 Å².